The van der Waals surface area contributed by atoms with Gasteiger partial charge in [-0.15, -0.1) is 0 Å². The van der Waals surface area contributed by atoms with E-state index < -0.39 is 9.84 Å². The maximum atomic E-state index is 12.6. The quantitative estimate of drug-likeness (QED) is 0.636. The molecule has 0 spiro atoms. The van der Waals surface area contributed by atoms with Crippen LogP contribution >= 0.6 is 0 Å². The Labute approximate surface area is 157 Å². The maximum Gasteiger partial charge on any atom is 0.182 e. The van der Waals surface area contributed by atoms with Gasteiger partial charge in [-0.05, 0) is 38.0 Å². The molecule has 0 N–H and O–H groups in total. The number of hydrogen-bond donors (Lipinski definition) is 0. The van der Waals surface area contributed by atoms with Crippen molar-refractivity contribution in [2.45, 2.75) is 38.2 Å². The molecule has 0 aromatic heterocycles. The molecule has 140 valence electrons. The summed E-state index contributed by atoms with van der Waals surface area (Å²) in [4.78, 5) is 0.371. The molecule has 0 unspecified atom stereocenters. The van der Waals surface area contributed by atoms with E-state index in [-0.39, 0.29) is 17.8 Å². The maximum absolute atomic E-state index is 12.6. The number of sulfone groups is 1. The van der Waals surface area contributed by atoms with Gasteiger partial charge in [-0.2, -0.15) is 0 Å². The summed E-state index contributed by atoms with van der Waals surface area (Å²) >= 11 is 0. The van der Waals surface area contributed by atoms with E-state index in [0.717, 1.165) is 17.6 Å². The second kappa shape index (κ2) is 9.15. The number of benzene rings is 2. The van der Waals surface area contributed by atoms with Crippen LogP contribution in [0.25, 0.3) is 0 Å². The molecule has 2 atom stereocenters. The van der Waals surface area contributed by atoms with Crippen molar-refractivity contribution in [2.24, 2.45) is 5.92 Å². The number of methoxy groups -OCH3 is 1. The minimum Gasteiger partial charge on any atom is -0.381 e. The molecule has 0 aliphatic heterocycles. The molecule has 0 aliphatic carbocycles. The van der Waals surface area contributed by atoms with Gasteiger partial charge in [0, 0.05) is 13.0 Å². The third-order valence-corrected chi connectivity index (χ3v) is 6.34. The molecular weight excluding hydrogens is 344 g/mol. The Morgan fingerprint density at radius 2 is 1.69 bits per heavy atom. The van der Waals surface area contributed by atoms with Crippen LogP contribution in [0.5, 0.6) is 0 Å². The van der Waals surface area contributed by atoms with Crippen molar-refractivity contribution in [3.05, 3.63) is 77.4 Å². The van der Waals surface area contributed by atoms with Crippen LogP contribution in [-0.2, 0) is 21.0 Å². The second-order valence-corrected chi connectivity index (χ2v) is 8.90. The normalized spacial score (nSPS) is 14.8. The van der Waals surface area contributed by atoms with Crippen LogP contribution < -0.4 is 0 Å². The topological polar surface area (TPSA) is 43.4 Å². The highest BCUT2D eigenvalue weighted by molar-refractivity contribution is 7.91. The number of rotatable bonds is 8. The summed E-state index contributed by atoms with van der Waals surface area (Å²) in [6, 6.07) is 17.2. The van der Waals surface area contributed by atoms with E-state index in [2.05, 4.69) is 19.1 Å². The first-order valence-corrected chi connectivity index (χ1v) is 10.5. The molecular formula is C22H28O3S. The van der Waals surface area contributed by atoms with E-state index in [9.17, 15) is 8.42 Å². The van der Waals surface area contributed by atoms with Crippen molar-refractivity contribution in [1.29, 1.82) is 0 Å². The Balaban J connectivity index is 2.07. The zero-order valence-corrected chi connectivity index (χ0v) is 16.8. The van der Waals surface area contributed by atoms with Crippen LogP contribution in [0.15, 0.2) is 71.1 Å². The first kappa shape index (κ1) is 20.4. The van der Waals surface area contributed by atoms with Crippen molar-refractivity contribution in [3.63, 3.8) is 0 Å². The van der Waals surface area contributed by atoms with E-state index >= 15 is 0 Å². The Hall–Kier alpha value is -1.91. The van der Waals surface area contributed by atoms with Crippen LogP contribution in [0.1, 0.15) is 25.0 Å². The summed E-state index contributed by atoms with van der Waals surface area (Å²) in [6.07, 6.45) is 2.82. The van der Waals surface area contributed by atoms with Gasteiger partial charge in [-0.25, -0.2) is 8.42 Å². The van der Waals surface area contributed by atoms with Crippen molar-refractivity contribution >= 4 is 9.84 Å². The summed E-state index contributed by atoms with van der Waals surface area (Å²) < 4.78 is 30.8. The fourth-order valence-electron chi connectivity index (χ4n) is 3.06. The van der Waals surface area contributed by atoms with Crippen molar-refractivity contribution in [2.75, 3.05) is 12.9 Å². The van der Waals surface area contributed by atoms with Gasteiger partial charge in [0.05, 0.1) is 16.8 Å². The standard InChI is InChI=1S/C22H28O3S/c1-17-10-12-21(13-11-17)26(23,24)16-18(2)14-19(3)22(25-4)15-20-8-6-5-7-9-20/h5-14,19,22H,15-16H2,1-4H3/b18-14+/t19-,22-/m0/s1. The molecule has 3 nitrogen and oxygen atoms in total. The highest BCUT2D eigenvalue weighted by atomic mass is 32.2. The van der Waals surface area contributed by atoms with Crippen LogP contribution in [-0.4, -0.2) is 27.4 Å². The van der Waals surface area contributed by atoms with Gasteiger partial charge in [0.2, 0.25) is 0 Å². The van der Waals surface area contributed by atoms with Gasteiger partial charge in [-0.3, -0.25) is 0 Å². The lowest BCUT2D eigenvalue weighted by Gasteiger charge is -2.21. The largest absolute Gasteiger partial charge is 0.381 e. The van der Waals surface area contributed by atoms with Gasteiger partial charge in [0.25, 0.3) is 0 Å². The Morgan fingerprint density at radius 1 is 1.08 bits per heavy atom. The molecule has 0 amide bonds. The molecule has 2 aromatic rings. The summed E-state index contributed by atoms with van der Waals surface area (Å²) in [5.41, 5.74) is 3.10. The third-order valence-electron chi connectivity index (χ3n) is 4.51. The number of aryl methyl sites for hydroxylation is 1. The van der Waals surface area contributed by atoms with E-state index in [1.54, 1.807) is 19.2 Å². The average molecular weight is 373 g/mol. The Bertz CT molecular complexity index is 821. The molecule has 0 radical (unpaired) electrons. The minimum absolute atomic E-state index is 0.00873. The van der Waals surface area contributed by atoms with Crippen molar-refractivity contribution in [1.82, 2.24) is 0 Å². The zero-order valence-electron chi connectivity index (χ0n) is 16.0. The zero-order chi connectivity index (χ0) is 19.2. The molecule has 0 fully saturated rings. The van der Waals surface area contributed by atoms with Gasteiger partial charge in [-0.1, -0.05) is 66.6 Å². The number of ether oxygens (including phenoxy) is 1. The van der Waals surface area contributed by atoms with Crippen LogP contribution in [0.2, 0.25) is 0 Å². The summed E-state index contributed by atoms with van der Waals surface area (Å²) in [5.74, 6) is 0.149. The Morgan fingerprint density at radius 3 is 2.27 bits per heavy atom. The summed E-state index contributed by atoms with van der Waals surface area (Å²) in [7, 11) is -1.62. The van der Waals surface area contributed by atoms with E-state index in [1.165, 1.54) is 5.56 Å². The lowest BCUT2D eigenvalue weighted by molar-refractivity contribution is 0.0744. The molecule has 4 heteroatoms. The summed E-state index contributed by atoms with van der Waals surface area (Å²) in [5, 5.41) is 0. The molecule has 26 heavy (non-hydrogen) atoms. The van der Waals surface area contributed by atoms with Crippen molar-refractivity contribution in [3.8, 4) is 0 Å². The SMILES string of the molecule is CO[C@@H](Cc1ccccc1)[C@@H](C)/C=C(\C)CS(=O)(=O)c1ccc(C)cc1. The summed E-state index contributed by atoms with van der Waals surface area (Å²) in [6.45, 7) is 5.89. The fourth-order valence-corrected chi connectivity index (χ4v) is 4.48. The lowest BCUT2D eigenvalue weighted by atomic mass is 9.96. The highest BCUT2D eigenvalue weighted by Crippen LogP contribution is 2.19. The molecule has 0 bridgehead atoms. The molecule has 2 rings (SSSR count). The second-order valence-electron chi connectivity index (χ2n) is 6.91. The van der Waals surface area contributed by atoms with Gasteiger partial charge >= 0.3 is 0 Å². The first-order chi connectivity index (χ1) is 12.3. The van der Waals surface area contributed by atoms with Gasteiger partial charge < -0.3 is 4.74 Å². The minimum atomic E-state index is -3.32. The van der Waals surface area contributed by atoms with Crippen LogP contribution in [0, 0.1) is 12.8 Å². The molecule has 0 heterocycles. The van der Waals surface area contributed by atoms with Crippen molar-refractivity contribution < 1.29 is 13.2 Å². The molecule has 0 saturated carbocycles. The fraction of sp³-hybridized carbons (Fsp3) is 0.364. The molecule has 2 aromatic carbocycles. The monoisotopic (exact) mass is 372 g/mol. The predicted molar refractivity (Wildman–Crippen MR) is 107 cm³/mol. The first-order valence-electron chi connectivity index (χ1n) is 8.85. The predicted octanol–water partition coefficient (Wildman–Crippen LogP) is 4.61. The average Bonchev–Trinajstić information content (AvgIpc) is 2.60. The Kier molecular flexibility index (Phi) is 7.18. The number of hydrogen-bond acceptors (Lipinski definition) is 3. The molecule has 0 aliphatic rings. The van der Waals surface area contributed by atoms with Crippen LogP contribution in [0.3, 0.4) is 0 Å². The van der Waals surface area contributed by atoms with Crippen LogP contribution in [0.4, 0.5) is 0 Å². The third kappa shape index (κ3) is 5.82. The lowest BCUT2D eigenvalue weighted by Crippen LogP contribution is -2.22. The van der Waals surface area contributed by atoms with Gasteiger partial charge in [0.15, 0.2) is 9.84 Å². The van der Waals surface area contributed by atoms with Gasteiger partial charge in [0.1, 0.15) is 0 Å². The van der Waals surface area contributed by atoms with E-state index in [0.29, 0.717) is 4.90 Å². The highest BCUT2D eigenvalue weighted by Gasteiger charge is 2.18. The van der Waals surface area contributed by atoms with E-state index in [1.807, 2.05) is 50.3 Å². The smallest absolute Gasteiger partial charge is 0.182 e. The van der Waals surface area contributed by atoms with E-state index in [4.69, 9.17) is 4.74 Å². The molecule has 0 saturated heterocycles.